The lowest BCUT2D eigenvalue weighted by atomic mass is 10.1. The van der Waals surface area contributed by atoms with Gasteiger partial charge in [-0.2, -0.15) is 5.10 Å². The third-order valence-electron chi connectivity index (χ3n) is 5.77. The molecule has 0 saturated carbocycles. The average Bonchev–Trinajstić information content (AvgIpc) is 3.38. The first-order valence-corrected chi connectivity index (χ1v) is 13.7. The maximum atomic E-state index is 12.7. The lowest BCUT2D eigenvalue weighted by molar-refractivity contribution is -0.275. The van der Waals surface area contributed by atoms with E-state index in [1.54, 1.807) is 30.5 Å². The van der Waals surface area contributed by atoms with E-state index in [0.29, 0.717) is 35.0 Å². The minimum atomic E-state index is -4.87. The van der Waals surface area contributed by atoms with Crippen molar-refractivity contribution in [1.29, 1.82) is 0 Å². The maximum absolute atomic E-state index is 12.7. The molecule has 3 aromatic heterocycles. The summed E-state index contributed by atoms with van der Waals surface area (Å²) < 4.78 is 46.9. The molecule has 0 aliphatic rings. The molecule has 1 atom stereocenters. The first-order valence-electron chi connectivity index (χ1n) is 12.9. The predicted molar refractivity (Wildman–Crippen MR) is 148 cm³/mol. The number of halogens is 3. The number of rotatable bonds is 14. The molecule has 4 rings (SSSR count). The van der Waals surface area contributed by atoms with Crippen molar-refractivity contribution in [2.24, 2.45) is 0 Å². The van der Waals surface area contributed by atoms with E-state index in [0.717, 1.165) is 29.6 Å². The highest BCUT2D eigenvalue weighted by atomic mass is 32.1. The van der Waals surface area contributed by atoms with E-state index in [-0.39, 0.29) is 24.5 Å². The van der Waals surface area contributed by atoms with Gasteiger partial charge in [0.2, 0.25) is 11.0 Å². The summed E-state index contributed by atoms with van der Waals surface area (Å²) in [4.78, 5) is 16.3. The number of carbonyl (C=O) groups is 1. The summed E-state index contributed by atoms with van der Waals surface area (Å²) in [5.74, 6) is -0.452. The molecule has 3 heterocycles. The standard InChI is InChI=1S/C27H28F3N7O4S/c1-40-20-11-9-17(14-21(20)41-27(28,29)30)15-23(38)32-22-12-10-18(34-35-22)6-2-3-8-25-36-37-26(42-25)33-24(39)16-19-7-4-5-13-31-19/h4-5,7,9-14,23,38H,2-3,6,8,15-16H2,1H3,(H,32,35)(H,33,37,39). The van der Waals surface area contributed by atoms with Crippen LogP contribution in [0.15, 0.2) is 54.7 Å². The predicted octanol–water partition coefficient (Wildman–Crippen LogP) is 4.35. The molecule has 0 aliphatic heterocycles. The molecule has 0 fully saturated rings. The maximum Gasteiger partial charge on any atom is 0.573 e. The van der Waals surface area contributed by atoms with Crippen molar-refractivity contribution < 1.29 is 32.5 Å². The Balaban J connectivity index is 1.17. The van der Waals surface area contributed by atoms with Gasteiger partial charge in [-0.15, -0.1) is 28.5 Å². The zero-order valence-corrected chi connectivity index (χ0v) is 23.3. The first-order chi connectivity index (χ1) is 20.2. The van der Waals surface area contributed by atoms with Gasteiger partial charge in [0.15, 0.2) is 17.3 Å². The van der Waals surface area contributed by atoms with Crippen LogP contribution >= 0.6 is 11.3 Å². The van der Waals surface area contributed by atoms with Crippen LogP contribution in [-0.4, -0.2) is 56.1 Å². The minimum Gasteiger partial charge on any atom is -0.493 e. The van der Waals surface area contributed by atoms with Gasteiger partial charge in [-0.25, -0.2) is 0 Å². The average molecular weight is 604 g/mol. The molecule has 4 aromatic rings. The highest BCUT2D eigenvalue weighted by Crippen LogP contribution is 2.33. The SMILES string of the molecule is COc1ccc(CC(O)Nc2ccc(CCCCc3nnc(NC(=O)Cc4ccccn4)s3)nn2)cc1OC(F)(F)F. The summed E-state index contributed by atoms with van der Waals surface area (Å²) in [6, 6.07) is 12.9. The minimum absolute atomic E-state index is 0.0110. The summed E-state index contributed by atoms with van der Waals surface area (Å²) in [7, 11) is 1.24. The Hall–Kier alpha value is -4.37. The molecule has 3 N–H and O–H groups in total. The molecule has 1 amide bonds. The smallest absolute Gasteiger partial charge is 0.493 e. The van der Waals surface area contributed by atoms with E-state index in [9.17, 15) is 23.1 Å². The van der Waals surface area contributed by atoms with Crippen LogP contribution in [-0.2, 0) is 30.5 Å². The number of hydrogen-bond donors (Lipinski definition) is 3. The zero-order valence-electron chi connectivity index (χ0n) is 22.5. The number of aromatic nitrogens is 5. The number of nitrogens with one attached hydrogen (secondary N) is 2. The molecule has 0 spiro atoms. The topological polar surface area (TPSA) is 144 Å². The number of ether oxygens (including phenoxy) is 2. The summed E-state index contributed by atoms with van der Waals surface area (Å²) in [6.45, 7) is 0. The number of benzene rings is 1. The molecule has 0 radical (unpaired) electrons. The monoisotopic (exact) mass is 603 g/mol. The Morgan fingerprint density at radius 2 is 1.83 bits per heavy atom. The van der Waals surface area contributed by atoms with Gasteiger partial charge < -0.3 is 25.2 Å². The third-order valence-corrected chi connectivity index (χ3v) is 6.67. The van der Waals surface area contributed by atoms with Crippen molar-refractivity contribution >= 4 is 28.2 Å². The summed E-state index contributed by atoms with van der Waals surface area (Å²) in [6.07, 6.45) is -1.18. The number of aliphatic hydroxyl groups is 1. The molecular weight excluding hydrogens is 575 g/mol. The van der Waals surface area contributed by atoms with Crippen LogP contribution in [0.1, 0.15) is 34.8 Å². The number of carbonyl (C=O) groups excluding carboxylic acids is 1. The number of pyridine rings is 1. The molecule has 15 heteroatoms. The number of aliphatic hydroxyl groups excluding tert-OH is 1. The fraction of sp³-hybridized carbons (Fsp3) is 0.333. The molecular formula is C27H28F3N7O4S. The van der Waals surface area contributed by atoms with Gasteiger partial charge in [-0.1, -0.05) is 23.5 Å². The van der Waals surface area contributed by atoms with Crippen molar-refractivity contribution in [3.8, 4) is 11.5 Å². The molecule has 222 valence electrons. The second-order valence-corrected chi connectivity index (χ2v) is 10.1. The van der Waals surface area contributed by atoms with Crippen LogP contribution in [0.25, 0.3) is 0 Å². The molecule has 0 saturated heterocycles. The third kappa shape index (κ3) is 9.92. The van der Waals surface area contributed by atoms with E-state index in [2.05, 4.69) is 40.7 Å². The molecule has 0 bridgehead atoms. The van der Waals surface area contributed by atoms with Crippen LogP contribution in [0.3, 0.4) is 0 Å². The van der Waals surface area contributed by atoms with E-state index in [1.807, 2.05) is 6.07 Å². The number of nitrogens with zero attached hydrogens (tertiary/aromatic N) is 5. The first kappa shape index (κ1) is 30.6. The number of aryl methyl sites for hydroxylation is 2. The highest BCUT2D eigenvalue weighted by Gasteiger charge is 2.32. The van der Waals surface area contributed by atoms with E-state index >= 15 is 0 Å². The van der Waals surface area contributed by atoms with E-state index < -0.39 is 18.3 Å². The largest absolute Gasteiger partial charge is 0.573 e. The van der Waals surface area contributed by atoms with Gasteiger partial charge in [-0.3, -0.25) is 9.78 Å². The highest BCUT2D eigenvalue weighted by molar-refractivity contribution is 7.15. The van der Waals surface area contributed by atoms with Crippen LogP contribution in [0.5, 0.6) is 11.5 Å². The van der Waals surface area contributed by atoms with Crippen LogP contribution in [0, 0.1) is 0 Å². The van der Waals surface area contributed by atoms with Crippen molar-refractivity contribution in [2.75, 3.05) is 17.7 Å². The Bertz CT molecular complexity index is 1440. The Kier molecular flexibility index (Phi) is 10.6. The lowest BCUT2D eigenvalue weighted by Crippen LogP contribution is -2.22. The number of unbranched alkanes of at least 4 members (excludes halogenated alkanes) is 1. The summed E-state index contributed by atoms with van der Waals surface area (Å²) in [5.41, 5.74) is 1.83. The number of methoxy groups -OCH3 is 1. The summed E-state index contributed by atoms with van der Waals surface area (Å²) in [5, 5.41) is 33.6. The van der Waals surface area contributed by atoms with Gasteiger partial charge in [0.05, 0.1) is 19.2 Å². The Labute approximate surface area is 243 Å². The number of alkyl halides is 3. The second kappa shape index (κ2) is 14.5. The quantitative estimate of drug-likeness (QED) is 0.141. The Morgan fingerprint density at radius 3 is 2.55 bits per heavy atom. The van der Waals surface area contributed by atoms with Crippen molar-refractivity contribution in [1.82, 2.24) is 25.4 Å². The zero-order chi connectivity index (χ0) is 30.0. The Morgan fingerprint density at radius 1 is 1.00 bits per heavy atom. The molecule has 1 unspecified atom stereocenters. The fourth-order valence-electron chi connectivity index (χ4n) is 3.89. The van der Waals surface area contributed by atoms with Crippen molar-refractivity contribution in [3.05, 3.63) is 76.7 Å². The van der Waals surface area contributed by atoms with Crippen LogP contribution in [0.4, 0.5) is 24.1 Å². The number of hydrogen-bond acceptors (Lipinski definition) is 11. The molecule has 1 aromatic carbocycles. The normalized spacial score (nSPS) is 12.0. The second-order valence-electron chi connectivity index (χ2n) is 9.06. The van der Waals surface area contributed by atoms with Gasteiger partial charge in [-0.05, 0) is 61.2 Å². The molecule has 42 heavy (non-hydrogen) atoms. The van der Waals surface area contributed by atoms with Crippen molar-refractivity contribution in [3.63, 3.8) is 0 Å². The van der Waals surface area contributed by atoms with Gasteiger partial charge >= 0.3 is 6.36 Å². The van der Waals surface area contributed by atoms with Gasteiger partial charge in [0, 0.05) is 24.7 Å². The number of anilines is 2. The van der Waals surface area contributed by atoms with Crippen molar-refractivity contribution in [2.45, 2.75) is 51.1 Å². The summed E-state index contributed by atoms with van der Waals surface area (Å²) >= 11 is 1.33. The van der Waals surface area contributed by atoms with Crippen LogP contribution < -0.4 is 20.1 Å². The lowest BCUT2D eigenvalue weighted by Gasteiger charge is -2.16. The van der Waals surface area contributed by atoms with Gasteiger partial charge in [0.25, 0.3) is 0 Å². The van der Waals surface area contributed by atoms with Crippen LogP contribution in [0.2, 0.25) is 0 Å². The molecule has 11 nitrogen and oxygen atoms in total. The fourth-order valence-corrected chi connectivity index (χ4v) is 4.68. The van der Waals surface area contributed by atoms with Gasteiger partial charge in [0.1, 0.15) is 11.2 Å². The molecule has 0 aliphatic carbocycles. The van der Waals surface area contributed by atoms with E-state index in [4.69, 9.17) is 4.74 Å². The number of amides is 1. The van der Waals surface area contributed by atoms with E-state index in [1.165, 1.54) is 30.6 Å².